The molecule has 0 radical (unpaired) electrons. The standard InChI is InChI=1S/C13H18N2O/c1-4-7-15-9-13(2,3)16-12-6-5-10(14)8-11(12)15/h4-6,8H,1,7,9,14H2,2-3H3. The van der Waals surface area contributed by atoms with E-state index in [0.29, 0.717) is 0 Å². The van der Waals surface area contributed by atoms with Gasteiger partial charge in [-0.3, -0.25) is 0 Å². The Kier molecular flexibility index (Phi) is 2.54. The summed E-state index contributed by atoms with van der Waals surface area (Å²) < 4.78 is 5.92. The quantitative estimate of drug-likeness (QED) is 0.612. The second kappa shape index (κ2) is 3.74. The van der Waals surface area contributed by atoms with Crippen LogP contribution in [0.1, 0.15) is 13.8 Å². The van der Waals surface area contributed by atoms with Crippen LogP contribution in [0.4, 0.5) is 11.4 Å². The number of nitrogen functional groups attached to an aromatic ring is 1. The Bertz CT molecular complexity index is 412. The minimum absolute atomic E-state index is 0.174. The molecule has 3 heteroatoms. The van der Waals surface area contributed by atoms with Crippen molar-refractivity contribution in [2.75, 3.05) is 23.7 Å². The zero-order chi connectivity index (χ0) is 11.8. The summed E-state index contributed by atoms with van der Waals surface area (Å²) in [5.74, 6) is 0.896. The van der Waals surface area contributed by atoms with Crippen LogP contribution in [0.2, 0.25) is 0 Å². The average Bonchev–Trinajstić information content (AvgIpc) is 2.18. The van der Waals surface area contributed by atoms with Crippen LogP contribution in [-0.4, -0.2) is 18.7 Å². The molecule has 86 valence electrons. The van der Waals surface area contributed by atoms with Crippen LogP contribution in [0.25, 0.3) is 0 Å². The van der Waals surface area contributed by atoms with E-state index >= 15 is 0 Å². The maximum absolute atomic E-state index is 5.92. The van der Waals surface area contributed by atoms with E-state index in [2.05, 4.69) is 25.3 Å². The number of anilines is 2. The van der Waals surface area contributed by atoms with E-state index in [0.717, 1.165) is 30.2 Å². The number of hydrogen-bond acceptors (Lipinski definition) is 3. The van der Waals surface area contributed by atoms with Gasteiger partial charge >= 0.3 is 0 Å². The second-order valence-electron chi connectivity index (χ2n) is 4.76. The third kappa shape index (κ3) is 1.98. The first-order valence-electron chi connectivity index (χ1n) is 5.46. The lowest BCUT2D eigenvalue weighted by Crippen LogP contribution is -2.46. The van der Waals surface area contributed by atoms with Gasteiger partial charge in [-0.05, 0) is 32.0 Å². The summed E-state index contributed by atoms with van der Waals surface area (Å²) >= 11 is 0. The van der Waals surface area contributed by atoms with Gasteiger partial charge in [-0.2, -0.15) is 0 Å². The number of rotatable bonds is 2. The largest absolute Gasteiger partial charge is 0.484 e. The van der Waals surface area contributed by atoms with Gasteiger partial charge in [-0.25, -0.2) is 0 Å². The molecule has 0 saturated carbocycles. The maximum atomic E-state index is 5.92. The summed E-state index contributed by atoms with van der Waals surface area (Å²) in [5, 5.41) is 0. The normalized spacial score (nSPS) is 17.5. The van der Waals surface area contributed by atoms with Crippen LogP contribution in [-0.2, 0) is 0 Å². The molecular formula is C13H18N2O. The number of ether oxygens (including phenoxy) is 1. The predicted octanol–water partition coefficient (Wildman–Crippen LogP) is 2.43. The summed E-state index contributed by atoms with van der Waals surface area (Å²) in [6.07, 6.45) is 1.90. The van der Waals surface area contributed by atoms with Crippen LogP contribution in [0.15, 0.2) is 30.9 Å². The zero-order valence-corrected chi connectivity index (χ0v) is 9.86. The molecule has 0 aromatic heterocycles. The molecule has 0 amide bonds. The number of hydrogen-bond donors (Lipinski definition) is 1. The van der Waals surface area contributed by atoms with Gasteiger partial charge in [0.05, 0.1) is 12.2 Å². The van der Waals surface area contributed by atoms with Crippen molar-refractivity contribution in [3.63, 3.8) is 0 Å². The van der Waals surface area contributed by atoms with Crippen LogP contribution in [0, 0.1) is 0 Å². The molecule has 2 rings (SSSR count). The van der Waals surface area contributed by atoms with Crippen molar-refractivity contribution in [3.8, 4) is 5.75 Å². The van der Waals surface area contributed by atoms with Crippen LogP contribution >= 0.6 is 0 Å². The summed E-state index contributed by atoms with van der Waals surface area (Å²) in [7, 11) is 0. The van der Waals surface area contributed by atoms with E-state index in [9.17, 15) is 0 Å². The van der Waals surface area contributed by atoms with Gasteiger partial charge in [0.15, 0.2) is 0 Å². The van der Waals surface area contributed by atoms with Gasteiger partial charge in [0.25, 0.3) is 0 Å². The van der Waals surface area contributed by atoms with Gasteiger partial charge in [0.2, 0.25) is 0 Å². The van der Waals surface area contributed by atoms with Crippen LogP contribution in [0.5, 0.6) is 5.75 Å². The molecule has 1 aromatic rings. The Balaban J connectivity index is 2.42. The SMILES string of the molecule is C=CCN1CC(C)(C)Oc2ccc(N)cc21. The highest BCUT2D eigenvalue weighted by atomic mass is 16.5. The molecule has 1 aromatic carbocycles. The fourth-order valence-electron chi connectivity index (χ4n) is 2.06. The Hall–Kier alpha value is -1.64. The van der Waals surface area contributed by atoms with Crippen molar-refractivity contribution in [1.29, 1.82) is 0 Å². The Labute approximate surface area is 96.5 Å². The highest BCUT2D eigenvalue weighted by Gasteiger charge is 2.30. The minimum Gasteiger partial charge on any atom is -0.484 e. The summed E-state index contributed by atoms with van der Waals surface area (Å²) in [6, 6.07) is 5.75. The van der Waals surface area contributed by atoms with Gasteiger partial charge in [0, 0.05) is 12.2 Å². The lowest BCUT2D eigenvalue weighted by Gasteiger charge is -2.40. The number of nitrogens with two attached hydrogens (primary N) is 1. The van der Waals surface area contributed by atoms with Gasteiger partial charge < -0.3 is 15.4 Å². The molecule has 1 aliphatic rings. The molecule has 0 aliphatic carbocycles. The lowest BCUT2D eigenvalue weighted by atomic mass is 10.0. The molecule has 3 nitrogen and oxygen atoms in total. The van der Waals surface area contributed by atoms with Crippen molar-refractivity contribution in [2.24, 2.45) is 0 Å². The molecule has 0 atom stereocenters. The first kappa shape index (κ1) is 10.9. The fourth-order valence-corrected chi connectivity index (χ4v) is 2.06. The van der Waals surface area contributed by atoms with Gasteiger partial charge in [-0.15, -0.1) is 6.58 Å². The Morgan fingerprint density at radius 2 is 2.31 bits per heavy atom. The van der Waals surface area contributed by atoms with Crippen molar-refractivity contribution in [2.45, 2.75) is 19.4 Å². The molecule has 2 N–H and O–H groups in total. The lowest BCUT2D eigenvalue weighted by molar-refractivity contribution is 0.106. The van der Waals surface area contributed by atoms with Crippen LogP contribution < -0.4 is 15.4 Å². The molecule has 0 bridgehead atoms. The molecule has 1 heterocycles. The van der Waals surface area contributed by atoms with E-state index in [4.69, 9.17) is 10.5 Å². The van der Waals surface area contributed by atoms with E-state index in [1.807, 2.05) is 24.3 Å². The molecular weight excluding hydrogens is 200 g/mol. The van der Waals surface area contributed by atoms with Crippen molar-refractivity contribution in [3.05, 3.63) is 30.9 Å². The molecule has 1 aliphatic heterocycles. The molecule has 0 spiro atoms. The first-order chi connectivity index (χ1) is 7.52. The van der Waals surface area contributed by atoms with Crippen molar-refractivity contribution < 1.29 is 4.74 Å². The van der Waals surface area contributed by atoms with E-state index in [1.54, 1.807) is 0 Å². The highest BCUT2D eigenvalue weighted by molar-refractivity contribution is 5.66. The van der Waals surface area contributed by atoms with E-state index < -0.39 is 0 Å². The third-order valence-electron chi connectivity index (χ3n) is 2.63. The van der Waals surface area contributed by atoms with E-state index in [-0.39, 0.29) is 5.60 Å². The summed E-state index contributed by atoms with van der Waals surface area (Å²) in [4.78, 5) is 2.24. The van der Waals surface area contributed by atoms with Gasteiger partial charge in [-0.1, -0.05) is 6.08 Å². The Morgan fingerprint density at radius 3 is 3.00 bits per heavy atom. The number of nitrogens with zero attached hydrogens (tertiary/aromatic N) is 1. The Morgan fingerprint density at radius 1 is 1.56 bits per heavy atom. The van der Waals surface area contributed by atoms with Crippen molar-refractivity contribution >= 4 is 11.4 Å². The highest BCUT2D eigenvalue weighted by Crippen LogP contribution is 2.37. The molecule has 0 unspecified atom stereocenters. The predicted molar refractivity (Wildman–Crippen MR) is 68.0 cm³/mol. The molecule has 0 fully saturated rings. The third-order valence-corrected chi connectivity index (χ3v) is 2.63. The van der Waals surface area contributed by atoms with E-state index in [1.165, 1.54) is 0 Å². The monoisotopic (exact) mass is 218 g/mol. The number of fused-ring (bicyclic) bond motifs is 1. The summed E-state index contributed by atoms with van der Waals surface area (Å²) in [6.45, 7) is 9.61. The first-order valence-corrected chi connectivity index (χ1v) is 5.46. The second-order valence-corrected chi connectivity index (χ2v) is 4.76. The summed E-state index contributed by atoms with van der Waals surface area (Å²) in [5.41, 5.74) is 7.44. The zero-order valence-electron chi connectivity index (χ0n) is 9.86. The molecule has 16 heavy (non-hydrogen) atoms. The smallest absolute Gasteiger partial charge is 0.143 e. The maximum Gasteiger partial charge on any atom is 0.143 e. The minimum atomic E-state index is -0.174. The fraction of sp³-hybridized carbons (Fsp3) is 0.385. The topological polar surface area (TPSA) is 38.5 Å². The average molecular weight is 218 g/mol. The molecule has 0 saturated heterocycles. The van der Waals surface area contributed by atoms with Crippen molar-refractivity contribution in [1.82, 2.24) is 0 Å². The van der Waals surface area contributed by atoms with Crippen LogP contribution in [0.3, 0.4) is 0 Å². The number of benzene rings is 1. The van der Waals surface area contributed by atoms with Gasteiger partial charge in [0.1, 0.15) is 11.4 Å².